The van der Waals surface area contributed by atoms with E-state index in [0.29, 0.717) is 12.1 Å². The third-order valence-corrected chi connectivity index (χ3v) is 4.20. The molecule has 0 amide bonds. The van der Waals surface area contributed by atoms with Gasteiger partial charge in [0.1, 0.15) is 0 Å². The van der Waals surface area contributed by atoms with Gasteiger partial charge in [-0.3, -0.25) is 0 Å². The highest BCUT2D eigenvalue weighted by molar-refractivity contribution is 9.10. The Kier molecular flexibility index (Phi) is 2.25. The van der Waals surface area contributed by atoms with Crippen molar-refractivity contribution in [2.45, 2.75) is 31.3 Å². The molecule has 2 atom stereocenters. The van der Waals surface area contributed by atoms with Crippen LogP contribution < -0.4 is 10.6 Å². The molecule has 1 aromatic rings. The Bertz CT molecular complexity index is 391. The van der Waals surface area contributed by atoms with Crippen LogP contribution in [0.25, 0.3) is 0 Å². The molecule has 2 aliphatic heterocycles. The molecule has 2 heterocycles. The molecule has 0 aliphatic carbocycles. The summed E-state index contributed by atoms with van der Waals surface area (Å²) in [5, 5.41) is 0. The predicted molar refractivity (Wildman–Crippen MR) is 66.2 cm³/mol. The van der Waals surface area contributed by atoms with E-state index in [-0.39, 0.29) is 0 Å². The van der Waals surface area contributed by atoms with E-state index in [1.165, 1.54) is 35.0 Å². The van der Waals surface area contributed by atoms with Crippen molar-refractivity contribution >= 4 is 21.6 Å². The lowest BCUT2D eigenvalue weighted by Gasteiger charge is -2.35. The third-order valence-electron chi connectivity index (χ3n) is 3.56. The van der Waals surface area contributed by atoms with E-state index in [2.05, 4.69) is 39.0 Å². The summed E-state index contributed by atoms with van der Waals surface area (Å²) in [6.45, 7) is 1.01. The standard InChI is InChI=1S/C12H15BrN2/c13-11-3-1-2-8-6-10-5-4-9(14)7-15(10)12(8)11/h1-3,9-10H,4-7,14H2. The minimum absolute atomic E-state index is 0.347. The summed E-state index contributed by atoms with van der Waals surface area (Å²) in [4.78, 5) is 2.49. The van der Waals surface area contributed by atoms with Gasteiger partial charge in [0.15, 0.2) is 0 Å². The van der Waals surface area contributed by atoms with Crippen molar-refractivity contribution in [2.24, 2.45) is 5.73 Å². The van der Waals surface area contributed by atoms with Gasteiger partial charge in [-0.25, -0.2) is 0 Å². The van der Waals surface area contributed by atoms with Crippen LogP contribution in [-0.2, 0) is 6.42 Å². The molecule has 0 radical (unpaired) electrons. The number of benzene rings is 1. The van der Waals surface area contributed by atoms with Crippen molar-refractivity contribution < 1.29 is 0 Å². The summed E-state index contributed by atoms with van der Waals surface area (Å²) in [6, 6.07) is 7.53. The first-order chi connectivity index (χ1) is 7.25. The minimum atomic E-state index is 0.347. The molecule has 2 N–H and O–H groups in total. The molecular weight excluding hydrogens is 252 g/mol. The van der Waals surface area contributed by atoms with Gasteiger partial charge in [-0.15, -0.1) is 0 Å². The van der Waals surface area contributed by atoms with Crippen LogP contribution in [0.3, 0.4) is 0 Å². The molecule has 3 heteroatoms. The molecule has 0 spiro atoms. The molecule has 3 rings (SSSR count). The summed E-state index contributed by atoms with van der Waals surface area (Å²) in [5.41, 5.74) is 8.90. The molecule has 2 unspecified atom stereocenters. The number of hydrogen-bond acceptors (Lipinski definition) is 2. The topological polar surface area (TPSA) is 29.3 Å². The fourth-order valence-corrected chi connectivity index (χ4v) is 3.48. The zero-order chi connectivity index (χ0) is 10.4. The number of piperidine rings is 1. The first-order valence-corrected chi connectivity index (χ1v) is 6.34. The summed E-state index contributed by atoms with van der Waals surface area (Å²) in [6.07, 6.45) is 3.61. The van der Waals surface area contributed by atoms with Crippen LogP contribution >= 0.6 is 15.9 Å². The van der Waals surface area contributed by atoms with E-state index in [1.54, 1.807) is 0 Å². The smallest absolute Gasteiger partial charge is 0.0547 e. The van der Waals surface area contributed by atoms with Gasteiger partial charge in [0.25, 0.3) is 0 Å². The second-order valence-corrected chi connectivity index (χ2v) is 5.45. The van der Waals surface area contributed by atoms with Gasteiger partial charge in [-0.2, -0.15) is 0 Å². The predicted octanol–water partition coefficient (Wildman–Crippen LogP) is 2.30. The quantitative estimate of drug-likeness (QED) is 0.781. The van der Waals surface area contributed by atoms with Gasteiger partial charge < -0.3 is 10.6 Å². The first-order valence-electron chi connectivity index (χ1n) is 5.55. The van der Waals surface area contributed by atoms with E-state index in [1.807, 2.05) is 0 Å². The van der Waals surface area contributed by atoms with E-state index >= 15 is 0 Å². The molecule has 15 heavy (non-hydrogen) atoms. The normalized spacial score (nSPS) is 28.8. The van der Waals surface area contributed by atoms with Crippen LogP contribution in [0.5, 0.6) is 0 Å². The summed E-state index contributed by atoms with van der Waals surface area (Å²) in [7, 11) is 0. The molecule has 80 valence electrons. The van der Waals surface area contributed by atoms with Gasteiger partial charge in [-0.05, 0) is 46.8 Å². The monoisotopic (exact) mass is 266 g/mol. The molecule has 0 bridgehead atoms. The Morgan fingerprint density at radius 3 is 3.07 bits per heavy atom. The highest BCUT2D eigenvalue weighted by Gasteiger charge is 2.34. The van der Waals surface area contributed by atoms with Crippen molar-refractivity contribution in [3.05, 3.63) is 28.2 Å². The largest absolute Gasteiger partial charge is 0.366 e. The average molecular weight is 267 g/mol. The molecule has 0 saturated carbocycles. The summed E-state index contributed by atoms with van der Waals surface area (Å²) >= 11 is 3.65. The van der Waals surface area contributed by atoms with E-state index in [4.69, 9.17) is 5.73 Å². The molecular formula is C12H15BrN2. The van der Waals surface area contributed by atoms with Crippen LogP contribution in [0.1, 0.15) is 18.4 Å². The number of rotatable bonds is 0. The Morgan fingerprint density at radius 2 is 2.20 bits per heavy atom. The van der Waals surface area contributed by atoms with Gasteiger partial charge in [0.05, 0.1) is 5.69 Å². The van der Waals surface area contributed by atoms with Crippen molar-refractivity contribution in [1.29, 1.82) is 0 Å². The van der Waals surface area contributed by atoms with Gasteiger partial charge in [0.2, 0.25) is 0 Å². The molecule has 0 aromatic heterocycles. The highest BCUT2D eigenvalue weighted by Crippen LogP contribution is 2.41. The minimum Gasteiger partial charge on any atom is -0.366 e. The second kappa shape index (κ2) is 3.49. The highest BCUT2D eigenvalue weighted by atomic mass is 79.9. The SMILES string of the molecule is NC1CCC2Cc3cccc(Br)c3N2C1. The first kappa shape index (κ1) is 9.67. The number of para-hydroxylation sites is 1. The maximum absolute atomic E-state index is 6.04. The number of nitrogens with two attached hydrogens (primary N) is 1. The Morgan fingerprint density at radius 1 is 1.33 bits per heavy atom. The lowest BCUT2D eigenvalue weighted by molar-refractivity contribution is 0.432. The Hall–Kier alpha value is -0.540. The van der Waals surface area contributed by atoms with Crippen molar-refractivity contribution in [2.75, 3.05) is 11.4 Å². The maximum atomic E-state index is 6.04. The zero-order valence-electron chi connectivity index (χ0n) is 8.62. The molecule has 1 aromatic carbocycles. The molecule has 1 saturated heterocycles. The Labute approximate surface area is 98.6 Å². The average Bonchev–Trinajstić information content (AvgIpc) is 2.57. The molecule has 2 nitrogen and oxygen atoms in total. The van der Waals surface area contributed by atoms with Crippen molar-refractivity contribution in [1.82, 2.24) is 0 Å². The summed E-state index contributed by atoms with van der Waals surface area (Å²) in [5.74, 6) is 0. The molecule has 1 fully saturated rings. The number of halogens is 1. The van der Waals surface area contributed by atoms with Crippen LogP contribution in [0, 0.1) is 0 Å². The number of anilines is 1. The lowest BCUT2D eigenvalue weighted by atomic mass is 9.99. The number of fused-ring (bicyclic) bond motifs is 3. The lowest BCUT2D eigenvalue weighted by Crippen LogP contribution is -2.47. The number of nitrogens with zero attached hydrogens (tertiary/aromatic N) is 1. The zero-order valence-corrected chi connectivity index (χ0v) is 10.2. The fourth-order valence-electron chi connectivity index (χ4n) is 2.84. The molecule has 2 aliphatic rings. The van der Waals surface area contributed by atoms with E-state index < -0.39 is 0 Å². The van der Waals surface area contributed by atoms with Crippen molar-refractivity contribution in [3.8, 4) is 0 Å². The second-order valence-electron chi connectivity index (χ2n) is 4.60. The van der Waals surface area contributed by atoms with Gasteiger partial charge in [0, 0.05) is 23.1 Å². The van der Waals surface area contributed by atoms with Gasteiger partial charge in [-0.1, -0.05) is 12.1 Å². The summed E-state index contributed by atoms with van der Waals surface area (Å²) < 4.78 is 1.22. The van der Waals surface area contributed by atoms with Crippen LogP contribution in [0.15, 0.2) is 22.7 Å². The maximum Gasteiger partial charge on any atom is 0.0547 e. The number of hydrogen-bond donors (Lipinski definition) is 1. The van der Waals surface area contributed by atoms with Gasteiger partial charge >= 0.3 is 0 Å². The van der Waals surface area contributed by atoms with E-state index in [9.17, 15) is 0 Å². The van der Waals surface area contributed by atoms with Crippen molar-refractivity contribution in [3.63, 3.8) is 0 Å². The van der Waals surface area contributed by atoms with E-state index in [0.717, 1.165) is 6.54 Å². The van der Waals surface area contributed by atoms with Crippen LogP contribution in [0.2, 0.25) is 0 Å². The third kappa shape index (κ3) is 1.49. The van der Waals surface area contributed by atoms with Crippen LogP contribution in [0.4, 0.5) is 5.69 Å². The Balaban J connectivity index is 2.02. The fraction of sp³-hybridized carbons (Fsp3) is 0.500. The van der Waals surface area contributed by atoms with Crippen LogP contribution in [-0.4, -0.2) is 18.6 Å².